The number of hydrogen-bond donors (Lipinski definition) is 1. The standard InChI is InChI=1S/C15H16N2O3/c1-7-10-13(17-4-3-9(18)11(7)17)14(19)8(2)12(15(10)20)16-5-6-16/h9,18H,3-6H2,1-2H3. The molecule has 3 aliphatic rings. The first-order valence-electron chi connectivity index (χ1n) is 6.98. The van der Waals surface area contributed by atoms with E-state index in [9.17, 15) is 14.7 Å². The van der Waals surface area contributed by atoms with Crippen molar-refractivity contribution in [3.8, 4) is 0 Å². The number of aliphatic hydroxyl groups is 1. The highest BCUT2D eigenvalue weighted by Crippen LogP contribution is 2.40. The second-order valence-electron chi connectivity index (χ2n) is 5.81. The molecular weight excluding hydrogens is 256 g/mol. The molecule has 104 valence electrons. The summed E-state index contributed by atoms with van der Waals surface area (Å²) < 4.78 is 1.85. The Morgan fingerprint density at radius 3 is 2.45 bits per heavy atom. The van der Waals surface area contributed by atoms with Crippen molar-refractivity contribution in [2.75, 3.05) is 13.1 Å². The lowest BCUT2D eigenvalue weighted by atomic mass is 9.90. The quantitative estimate of drug-likeness (QED) is 0.780. The van der Waals surface area contributed by atoms with E-state index in [1.54, 1.807) is 6.92 Å². The van der Waals surface area contributed by atoms with Gasteiger partial charge in [-0.1, -0.05) is 0 Å². The Labute approximate surface area is 116 Å². The monoisotopic (exact) mass is 272 g/mol. The first kappa shape index (κ1) is 11.9. The van der Waals surface area contributed by atoms with Gasteiger partial charge < -0.3 is 14.6 Å². The van der Waals surface area contributed by atoms with Gasteiger partial charge in [-0.2, -0.15) is 0 Å². The van der Waals surface area contributed by atoms with Crippen LogP contribution in [0, 0.1) is 6.92 Å². The predicted octanol–water partition coefficient (Wildman–Crippen LogP) is 1.20. The van der Waals surface area contributed by atoms with Crippen LogP contribution in [0.2, 0.25) is 0 Å². The van der Waals surface area contributed by atoms with Crippen molar-refractivity contribution in [2.24, 2.45) is 0 Å². The van der Waals surface area contributed by atoms with Crippen molar-refractivity contribution in [3.63, 3.8) is 0 Å². The lowest BCUT2D eigenvalue weighted by molar-refractivity contribution is 0.0955. The molecule has 1 fully saturated rings. The summed E-state index contributed by atoms with van der Waals surface area (Å²) in [5, 5.41) is 10.1. The summed E-state index contributed by atoms with van der Waals surface area (Å²) >= 11 is 0. The highest BCUT2D eigenvalue weighted by molar-refractivity contribution is 6.26. The van der Waals surface area contributed by atoms with E-state index in [0.29, 0.717) is 35.5 Å². The fraction of sp³-hybridized carbons (Fsp3) is 0.467. The zero-order valence-corrected chi connectivity index (χ0v) is 11.6. The Morgan fingerprint density at radius 1 is 1.10 bits per heavy atom. The molecule has 1 saturated heterocycles. The van der Waals surface area contributed by atoms with Gasteiger partial charge in [0.05, 0.1) is 23.1 Å². The Kier molecular flexibility index (Phi) is 2.15. The maximum atomic E-state index is 12.7. The fourth-order valence-electron chi connectivity index (χ4n) is 3.56. The summed E-state index contributed by atoms with van der Waals surface area (Å²) in [6, 6.07) is 0. The molecule has 1 N–H and O–H groups in total. The number of fused-ring (bicyclic) bond motifs is 3. The lowest BCUT2D eigenvalue weighted by Crippen LogP contribution is -2.26. The molecule has 0 saturated carbocycles. The summed E-state index contributed by atoms with van der Waals surface area (Å²) in [7, 11) is 0. The number of hydrogen-bond acceptors (Lipinski definition) is 4. The SMILES string of the molecule is CC1=C(N2CC2)C(=O)c2c(C)c3n(c2C1=O)CCC3O. The number of carbonyl (C=O) groups is 2. The summed E-state index contributed by atoms with van der Waals surface area (Å²) in [6.07, 6.45) is 0.0540. The zero-order chi connectivity index (χ0) is 14.2. The van der Waals surface area contributed by atoms with Crippen molar-refractivity contribution < 1.29 is 14.7 Å². The number of Topliss-reactive ketones (excluding diaryl/α,β-unsaturated/α-hetero) is 2. The maximum Gasteiger partial charge on any atom is 0.212 e. The maximum absolute atomic E-state index is 12.7. The summed E-state index contributed by atoms with van der Waals surface area (Å²) in [5.41, 5.74) is 3.62. The van der Waals surface area contributed by atoms with Gasteiger partial charge in [0.1, 0.15) is 5.69 Å². The van der Waals surface area contributed by atoms with Gasteiger partial charge in [-0.25, -0.2) is 0 Å². The van der Waals surface area contributed by atoms with Gasteiger partial charge in [-0.05, 0) is 25.8 Å². The molecule has 1 unspecified atom stereocenters. The lowest BCUT2D eigenvalue weighted by Gasteiger charge is -2.19. The number of nitrogens with zero attached hydrogens (tertiary/aromatic N) is 2. The third-order valence-corrected chi connectivity index (χ3v) is 4.61. The summed E-state index contributed by atoms with van der Waals surface area (Å²) in [6.45, 7) is 5.87. The van der Waals surface area contributed by atoms with Gasteiger partial charge >= 0.3 is 0 Å². The average Bonchev–Trinajstić information content (AvgIpc) is 3.09. The highest BCUT2D eigenvalue weighted by atomic mass is 16.3. The smallest absolute Gasteiger partial charge is 0.212 e. The summed E-state index contributed by atoms with van der Waals surface area (Å²) in [4.78, 5) is 27.3. The average molecular weight is 272 g/mol. The second-order valence-corrected chi connectivity index (χ2v) is 5.81. The van der Waals surface area contributed by atoms with Gasteiger partial charge in [0, 0.05) is 25.2 Å². The van der Waals surface area contributed by atoms with Crippen LogP contribution in [0.15, 0.2) is 11.3 Å². The molecule has 0 spiro atoms. The van der Waals surface area contributed by atoms with Gasteiger partial charge in [0.15, 0.2) is 0 Å². The number of aromatic nitrogens is 1. The van der Waals surface area contributed by atoms with Crippen LogP contribution in [0.25, 0.3) is 0 Å². The first-order valence-corrected chi connectivity index (χ1v) is 6.98. The number of aliphatic hydroxyl groups excluding tert-OH is 1. The second kappa shape index (κ2) is 3.61. The number of allylic oxidation sites excluding steroid dienone is 2. The Morgan fingerprint density at radius 2 is 1.80 bits per heavy atom. The Hall–Kier alpha value is -1.88. The van der Waals surface area contributed by atoms with Crippen molar-refractivity contribution >= 4 is 11.6 Å². The van der Waals surface area contributed by atoms with Gasteiger partial charge in [0.2, 0.25) is 11.6 Å². The van der Waals surface area contributed by atoms with Crippen LogP contribution in [-0.2, 0) is 6.54 Å². The minimum Gasteiger partial charge on any atom is -0.387 e. The molecule has 5 heteroatoms. The zero-order valence-electron chi connectivity index (χ0n) is 11.6. The van der Waals surface area contributed by atoms with Crippen LogP contribution < -0.4 is 0 Å². The minimum atomic E-state index is -0.564. The van der Waals surface area contributed by atoms with Crippen molar-refractivity contribution in [3.05, 3.63) is 33.8 Å². The summed E-state index contributed by atoms with van der Waals surface area (Å²) in [5.74, 6) is -0.119. The molecule has 1 aromatic heterocycles. The normalized spacial score (nSPS) is 24.4. The molecule has 20 heavy (non-hydrogen) atoms. The molecule has 0 aromatic carbocycles. The minimum absolute atomic E-state index is 0.0544. The molecular formula is C15H16N2O3. The third kappa shape index (κ3) is 1.26. The van der Waals surface area contributed by atoms with E-state index in [4.69, 9.17) is 0 Å². The molecule has 3 heterocycles. The van der Waals surface area contributed by atoms with E-state index < -0.39 is 6.10 Å². The van der Waals surface area contributed by atoms with Crippen LogP contribution in [0.5, 0.6) is 0 Å². The molecule has 5 nitrogen and oxygen atoms in total. The highest BCUT2D eigenvalue weighted by Gasteiger charge is 2.42. The number of rotatable bonds is 1. The fourth-order valence-corrected chi connectivity index (χ4v) is 3.56. The van der Waals surface area contributed by atoms with E-state index in [0.717, 1.165) is 24.3 Å². The molecule has 1 atom stereocenters. The van der Waals surface area contributed by atoms with E-state index in [2.05, 4.69) is 0 Å². The van der Waals surface area contributed by atoms with Crippen LogP contribution in [0.3, 0.4) is 0 Å². The predicted molar refractivity (Wildman–Crippen MR) is 71.7 cm³/mol. The molecule has 4 rings (SSSR count). The van der Waals surface area contributed by atoms with E-state index in [1.165, 1.54) is 0 Å². The molecule has 0 radical (unpaired) electrons. The topological polar surface area (TPSA) is 62.3 Å². The Balaban J connectivity index is 1.99. The third-order valence-electron chi connectivity index (χ3n) is 4.61. The molecule has 1 aromatic rings. The Bertz CT molecular complexity index is 707. The van der Waals surface area contributed by atoms with Gasteiger partial charge in [-0.3, -0.25) is 9.59 Å². The molecule has 2 aliphatic heterocycles. The molecule has 1 aliphatic carbocycles. The molecule has 0 bridgehead atoms. The van der Waals surface area contributed by atoms with Gasteiger partial charge in [-0.15, -0.1) is 0 Å². The van der Waals surface area contributed by atoms with Crippen molar-refractivity contribution in [2.45, 2.75) is 32.9 Å². The molecule has 0 amide bonds. The first-order chi connectivity index (χ1) is 9.52. The van der Waals surface area contributed by atoms with Crippen molar-refractivity contribution in [1.29, 1.82) is 0 Å². The van der Waals surface area contributed by atoms with E-state index in [1.807, 2.05) is 16.4 Å². The van der Waals surface area contributed by atoms with E-state index >= 15 is 0 Å². The van der Waals surface area contributed by atoms with Crippen molar-refractivity contribution in [1.82, 2.24) is 9.47 Å². The van der Waals surface area contributed by atoms with Crippen LogP contribution in [-0.4, -0.2) is 39.2 Å². The van der Waals surface area contributed by atoms with Crippen LogP contribution >= 0.6 is 0 Å². The number of ketones is 2. The largest absolute Gasteiger partial charge is 0.387 e. The van der Waals surface area contributed by atoms with Crippen LogP contribution in [0.1, 0.15) is 51.6 Å². The number of carbonyl (C=O) groups excluding carboxylic acids is 2. The van der Waals surface area contributed by atoms with Gasteiger partial charge in [0.25, 0.3) is 0 Å². The van der Waals surface area contributed by atoms with E-state index in [-0.39, 0.29) is 11.6 Å². The van der Waals surface area contributed by atoms with Crippen LogP contribution in [0.4, 0.5) is 0 Å².